The highest BCUT2D eigenvalue weighted by molar-refractivity contribution is 14.0. The summed E-state index contributed by atoms with van der Waals surface area (Å²) < 4.78 is 0. The van der Waals surface area contributed by atoms with Crippen LogP contribution in [0.25, 0.3) is 0 Å². The van der Waals surface area contributed by atoms with Gasteiger partial charge in [0.25, 0.3) is 5.91 Å². The van der Waals surface area contributed by atoms with E-state index in [1.165, 1.54) is 11.3 Å². The summed E-state index contributed by atoms with van der Waals surface area (Å²) in [5.41, 5.74) is 0. The van der Waals surface area contributed by atoms with Gasteiger partial charge in [-0.05, 0) is 30.7 Å². The van der Waals surface area contributed by atoms with Gasteiger partial charge >= 0.3 is 0 Å². The van der Waals surface area contributed by atoms with Crippen LogP contribution in [0, 0.1) is 5.92 Å². The van der Waals surface area contributed by atoms with Crippen LogP contribution in [0.5, 0.6) is 0 Å². The molecule has 0 bridgehead atoms. The second-order valence-corrected chi connectivity index (χ2v) is 6.07. The van der Waals surface area contributed by atoms with E-state index in [0.717, 1.165) is 36.9 Å². The van der Waals surface area contributed by atoms with Crippen molar-refractivity contribution in [1.82, 2.24) is 16.0 Å². The summed E-state index contributed by atoms with van der Waals surface area (Å²) >= 11 is 1.46. The van der Waals surface area contributed by atoms with Gasteiger partial charge in [0, 0.05) is 26.2 Å². The van der Waals surface area contributed by atoms with E-state index in [1.807, 2.05) is 24.4 Å². The molecule has 1 aromatic rings. The molecule has 0 unspecified atom stereocenters. The molecule has 1 heterocycles. The molecule has 0 radical (unpaired) electrons. The second kappa shape index (κ2) is 12.7. The Labute approximate surface area is 154 Å². The summed E-state index contributed by atoms with van der Waals surface area (Å²) in [5.74, 6) is 1.40. The zero-order valence-electron chi connectivity index (χ0n) is 13.5. The van der Waals surface area contributed by atoms with Crippen molar-refractivity contribution in [2.45, 2.75) is 27.2 Å². The molecule has 0 aliphatic heterocycles. The monoisotopic (exact) mass is 438 g/mol. The Hall–Kier alpha value is -0.830. The Kier molecular flexibility index (Phi) is 12.2. The molecule has 7 heteroatoms. The fraction of sp³-hybridized carbons (Fsp3) is 0.600. The SMILES string of the molecule is CCNC(=NCC(C)C)NCCCNC(=O)c1cccs1.I. The van der Waals surface area contributed by atoms with Crippen LogP contribution in [0.2, 0.25) is 0 Å². The maximum absolute atomic E-state index is 11.7. The van der Waals surface area contributed by atoms with E-state index in [1.54, 1.807) is 0 Å². The quantitative estimate of drug-likeness (QED) is 0.253. The van der Waals surface area contributed by atoms with Crippen LogP contribution >= 0.6 is 35.3 Å². The molecule has 3 N–H and O–H groups in total. The van der Waals surface area contributed by atoms with Gasteiger partial charge in [-0.15, -0.1) is 35.3 Å². The molecule has 0 aliphatic rings. The third kappa shape index (κ3) is 9.24. The predicted octanol–water partition coefficient (Wildman–Crippen LogP) is 2.70. The minimum Gasteiger partial charge on any atom is -0.357 e. The Morgan fingerprint density at radius 1 is 1.27 bits per heavy atom. The van der Waals surface area contributed by atoms with E-state index in [0.29, 0.717) is 12.5 Å². The molecule has 5 nitrogen and oxygen atoms in total. The average molecular weight is 438 g/mol. The first-order valence-electron chi connectivity index (χ1n) is 7.47. The second-order valence-electron chi connectivity index (χ2n) is 5.13. The number of thiophene rings is 1. The van der Waals surface area contributed by atoms with Crippen LogP contribution in [0.4, 0.5) is 0 Å². The van der Waals surface area contributed by atoms with Gasteiger partial charge in [-0.2, -0.15) is 0 Å². The fourth-order valence-electron chi connectivity index (χ4n) is 1.61. The molecule has 0 aliphatic carbocycles. The molecule has 0 aromatic carbocycles. The van der Waals surface area contributed by atoms with Crippen molar-refractivity contribution in [3.05, 3.63) is 22.4 Å². The number of amides is 1. The first kappa shape index (κ1) is 21.2. The standard InChI is InChI=1S/C15H26N4OS.HI/c1-4-16-15(19-11-12(2)3)18-9-6-8-17-14(20)13-7-5-10-21-13;/h5,7,10,12H,4,6,8-9,11H2,1-3H3,(H,17,20)(H2,16,18,19);1H. The number of guanidine groups is 1. The van der Waals surface area contributed by atoms with E-state index in [-0.39, 0.29) is 29.9 Å². The molecule has 1 rings (SSSR count). The Morgan fingerprint density at radius 3 is 2.59 bits per heavy atom. The maximum atomic E-state index is 11.7. The topological polar surface area (TPSA) is 65.5 Å². The van der Waals surface area contributed by atoms with Gasteiger partial charge in [0.2, 0.25) is 0 Å². The van der Waals surface area contributed by atoms with E-state index in [4.69, 9.17) is 0 Å². The first-order chi connectivity index (χ1) is 10.1. The molecule has 0 spiro atoms. The van der Waals surface area contributed by atoms with Crippen molar-refractivity contribution >= 4 is 47.2 Å². The molecule has 1 aromatic heterocycles. The number of aliphatic imine (C=N–C) groups is 1. The lowest BCUT2D eigenvalue weighted by Gasteiger charge is -2.12. The molecular weight excluding hydrogens is 411 g/mol. The third-order valence-electron chi connectivity index (χ3n) is 2.64. The minimum atomic E-state index is 0. The van der Waals surface area contributed by atoms with Crippen LogP contribution in [0.3, 0.4) is 0 Å². The van der Waals surface area contributed by atoms with Crippen molar-refractivity contribution in [2.75, 3.05) is 26.2 Å². The number of carbonyl (C=O) groups excluding carboxylic acids is 1. The molecule has 0 atom stereocenters. The van der Waals surface area contributed by atoms with Crippen molar-refractivity contribution in [3.8, 4) is 0 Å². The van der Waals surface area contributed by atoms with Gasteiger partial charge in [-0.3, -0.25) is 9.79 Å². The molecule has 0 saturated heterocycles. The number of nitrogens with one attached hydrogen (secondary N) is 3. The molecule has 126 valence electrons. The number of nitrogens with zero attached hydrogens (tertiary/aromatic N) is 1. The van der Waals surface area contributed by atoms with E-state index in [9.17, 15) is 4.79 Å². The van der Waals surface area contributed by atoms with Crippen LogP contribution < -0.4 is 16.0 Å². The number of halogens is 1. The van der Waals surface area contributed by atoms with Crippen molar-refractivity contribution in [2.24, 2.45) is 10.9 Å². The molecular formula is C15H27IN4OS. The summed E-state index contributed by atoms with van der Waals surface area (Å²) in [6.45, 7) is 9.44. The van der Waals surface area contributed by atoms with Gasteiger partial charge in [-0.25, -0.2) is 0 Å². The minimum absolute atomic E-state index is 0. The van der Waals surface area contributed by atoms with Crippen LogP contribution in [0.1, 0.15) is 36.9 Å². The lowest BCUT2D eigenvalue weighted by Crippen LogP contribution is -2.39. The Bertz CT molecular complexity index is 435. The Balaban J connectivity index is 0.00000441. The van der Waals surface area contributed by atoms with E-state index >= 15 is 0 Å². The largest absolute Gasteiger partial charge is 0.357 e. The van der Waals surface area contributed by atoms with Gasteiger partial charge in [0.15, 0.2) is 5.96 Å². The highest BCUT2D eigenvalue weighted by Gasteiger charge is 2.04. The number of hydrogen-bond acceptors (Lipinski definition) is 3. The number of rotatable bonds is 8. The summed E-state index contributed by atoms with van der Waals surface area (Å²) in [6.07, 6.45) is 0.864. The highest BCUT2D eigenvalue weighted by atomic mass is 127. The van der Waals surface area contributed by atoms with Crippen LogP contribution in [-0.2, 0) is 0 Å². The predicted molar refractivity (Wildman–Crippen MR) is 106 cm³/mol. The van der Waals surface area contributed by atoms with E-state index in [2.05, 4.69) is 34.8 Å². The Morgan fingerprint density at radius 2 is 2.00 bits per heavy atom. The molecule has 0 fully saturated rings. The fourth-order valence-corrected chi connectivity index (χ4v) is 2.25. The van der Waals surface area contributed by atoms with Gasteiger partial charge in [-0.1, -0.05) is 19.9 Å². The summed E-state index contributed by atoms with van der Waals surface area (Å²) in [7, 11) is 0. The molecule has 0 saturated carbocycles. The van der Waals surface area contributed by atoms with Gasteiger partial charge < -0.3 is 16.0 Å². The average Bonchev–Trinajstić information content (AvgIpc) is 2.98. The van der Waals surface area contributed by atoms with Crippen LogP contribution in [-0.4, -0.2) is 38.0 Å². The lowest BCUT2D eigenvalue weighted by atomic mass is 10.2. The lowest BCUT2D eigenvalue weighted by molar-refractivity contribution is 0.0957. The van der Waals surface area contributed by atoms with Crippen molar-refractivity contribution in [3.63, 3.8) is 0 Å². The van der Waals surface area contributed by atoms with Crippen molar-refractivity contribution < 1.29 is 4.79 Å². The molecule has 1 amide bonds. The highest BCUT2D eigenvalue weighted by Crippen LogP contribution is 2.07. The smallest absolute Gasteiger partial charge is 0.261 e. The van der Waals surface area contributed by atoms with E-state index < -0.39 is 0 Å². The summed E-state index contributed by atoms with van der Waals surface area (Å²) in [5, 5.41) is 11.3. The number of carbonyl (C=O) groups is 1. The van der Waals surface area contributed by atoms with Gasteiger partial charge in [0.1, 0.15) is 0 Å². The third-order valence-corrected chi connectivity index (χ3v) is 3.50. The molecule has 22 heavy (non-hydrogen) atoms. The zero-order chi connectivity index (χ0) is 15.5. The summed E-state index contributed by atoms with van der Waals surface area (Å²) in [6, 6.07) is 3.72. The van der Waals surface area contributed by atoms with Gasteiger partial charge in [0.05, 0.1) is 4.88 Å². The normalized spacial score (nSPS) is 11.0. The maximum Gasteiger partial charge on any atom is 0.261 e. The first-order valence-corrected chi connectivity index (χ1v) is 8.35. The van der Waals surface area contributed by atoms with Crippen molar-refractivity contribution in [1.29, 1.82) is 0 Å². The zero-order valence-corrected chi connectivity index (χ0v) is 16.7. The van der Waals surface area contributed by atoms with Crippen LogP contribution in [0.15, 0.2) is 22.5 Å². The number of hydrogen-bond donors (Lipinski definition) is 3. The summed E-state index contributed by atoms with van der Waals surface area (Å²) in [4.78, 5) is 17.0.